The van der Waals surface area contributed by atoms with Gasteiger partial charge in [0.2, 0.25) is 10.0 Å². The number of halogens is 1. The summed E-state index contributed by atoms with van der Waals surface area (Å²) >= 11 is 5.46. The first-order valence-corrected chi connectivity index (χ1v) is 8.48. The first-order chi connectivity index (χ1) is 9.14. The van der Waals surface area contributed by atoms with Crippen LogP contribution in [-0.4, -0.2) is 33.2 Å². The lowest BCUT2D eigenvalue weighted by Gasteiger charge is -2.06. The van der Waals surface area contributed by atoms with Crippen LogP contribution in [0.2, 0.25) is 0 Å². The van der Waals surface area contributed by atoms with Crippen molar-refractivity contribution in [2.45, 2.75) is 19.4 Å². The lowest BCUT2D eigenvalue weighted by Crippen LogP contribution is -2.28. The Morgan fingerprint density at radius 1 is 1.16 bits per heavy atom. The molecular formula is C13H20ClNO3S. The number of benzene rings is 1. The Hall–Kier alpha value is -0.620. The van der Waals surface area contributed by atoms with E-state index in [4.69, 9.17) is 16.3 Å². The number of ether oxygens (including phenoxy) is 1. The quantitative estimate of drug-likeness (QED) is 0.532. The summed E-state index contributed by atoms with van der Waals surface area (Å²) in [6, 6.07) is 9.87. The molecule has 1 N–H and O–H groups in total. The Kier molecular flexibility index (Phi) is 8.05. The second-order valence-corrected chi connectivity index (χ2v) is 6.45. The van der Waals surface area contributed by atoms with E-state index in [2.05, 4.69) is 4.72 Å². The molecule has 19 heavy (non-hydrogen) atoms. The molecule has 1 aromatic carbocycles. The molecule has 0 aliphatic carbocycles. The maximum absolute atomic E-state index is 11.4. The van der Waals surface area contributed by atoms with Crippen molar-refractivity contribution in [2.75, 3.05) is 24.8 Å². The van der Waals surface area contributed by atoms with Crippen LogP contribution in [0.4, 0.5) is 0 Å². The number of nitrogens with one attached hydrogen (secondary N) is 1. The summed E-state index contributed by atoms with van der Waals surface area (Å²) in [4.78, 5) is 0. The van der Waals surface area contributed by atoms with E-state index < -0.39 is 10.0 Å². The van der Waals surface area contributed by atoms with Crippen LogP contribution >= 0.6 is 11.6 Å². The van der Waals surface area contributed by atoms with Crippen LogP contribution in [-0.2, 0) is 21.4 Å². The van der Waals surface area contributed by atoms with Crippen molar-refractivity contribution in [3.05, 3.63) is 35.9 Å². The summed E-state index contributed by atoms with van der Waals surface area (Å²) in [5.41, 5.74) is 1.12. The molecule has 0 amide bonds. The second-order valence-electron chi connectivity index (χ2n) is 4.15. The molecular weight excluding hydrogens is 286 g/mol. The van der Waals surface area contributed by atoms with E-state index in [-0.39, 0.29) is 5.75 Å². The average Bonchev–Trinajstić information content (AvgIpc) is 2.42. The molecule has 0 aromatic heterocycles. The second kappa shape index (κ2) is 9.31. The molecule has 0 saturated carbocycles. The third kappa shape index (κ3) is 8.21. The molecule has 0 heterocycles. The van der Waals surface area contributed by atoms with Crippen molar-refractivity contribution in [2.24, 2.45) is 0 Å². The Bertz CT molecular complexity index is 436. The van der Waals surface area contributed by atoms with Gasteiger partial charge in [0, 0.05) is 19.0 Å². The third-order valence-electron chi connectivity index (χ3n) is 2.45. The first-order valence-electron chi connectivity index (χ1n) is 6.29. The monoisotopic (exact) mass is 305 g/mol. The Morgan fingerprint density at radius 2 is 1.89 bits per heavy atom. The first kappa shape index (κ1) is 16.4. The van der Waals surface area contributed by atoms with E-state index >= 15 is 0 Å². The van der Waals surface area contributed by atoms with Gasteiger partial charge in [-0.25, -0.2) is 13.1 Å². The number of hydrogen-bond acceptors (Lipinski definition) is 3. The van der Waals surface area contributed by atoms with Gasteiger partial charge in [0.1, 0.15) is 0 Å². The zero-order valence-electron chi connectivity index (χ0n) is 10.8. The molecule has 0 saturated heterocycles. The van der Waals surface area contributed by atoms with Gasteiger partial charge in [-0.3, -0.25) is 0 Å². The summed E-state index contributed by atoms with van der Waals surface area (Å²) in [7, 11) is -3.17. The Labute approximate surface area is 120 Å². The molecule has 0 fully saturated rings. The van der Waals surface area contributed by atoms with Gasteiger partial charge in [-0.05, 0) is 18.4 Å². The molecule has 4 nitrogen and oxygen atoms in total. The lowest BCUT2D eigenvalue weighted by atomic mass is 10.2. The molecule has 0 unspecified atom stereocenters. The van der Waals surface area contributed by atoms with E-state index in [1.165, 1.54) is 0 Å². The van der Waals surface area contributed by atoms with E-state index in [9.17, 15) is 8.42 Å². The summed E-state index contributed by atoms with van der Waals surface area (Å²) in [5.74, 6) is 0.447. The van der Waals surface area contributed by atoms with E-state index in [0.29, 0.717) is 38.5 Å². The maximum Gasteiger partial charge on any atom is 0.211 e. The molecule has 108 valence electrons. The van der Waals surface area contributed by atoms with E-state index in [0.717, 1.165) is 5.56 Å². The van der Waals surface area contributed by atoms with Crippen LogP contribution in [0.15, 0.2) is 30.3 Å². The van der Waals surface area contributed by atoms with E-state index in [1.807, 2.05) is 30.3 Å². The Balaban J connectivity index is 2.05. The molecule has 1 rings (SSSR count). The smallest absolute Gasteiger partial charge is 0.211 e. The fourth-order valence-electron chi connectivity index (χ4n) is 1.48. The molecule has 1 aromatic rings. The number of hydrogen-bond donors (Lipinski definition) is 1. The van der Waals surface area contributed by atoms with Gasteiger partial charge < -0.3 is 4.74 Å². The maximum atomic E-state index is 11.4. The minimum Gasteiger partial charge on any atom is -0.377 e. The van der Waals surface area contributed by atoms with Crippen molar-refractivity contribution in [1.29, 1.82) is 0 Å². The molecule has 0 spiro atoms. The van der Waals surface area contributed by atoms with Crippen LogP contribution in [0.25, 0.3) is 0 Å². The molecule has 6 heteroatoms. The average molecular weight is 306 g/mol. The standard InChI is InChI=1S/C13H20ClNO3S/c14-8-4-11-19(16,17)15-9-5-10-18-12-13-6-2-1-3-7-13/h1-3,6-7,15H,4-5,8-12H2. The zero-order valence-corrected chi connectivity index (χ0v) is 12.4. The highest BCUT2D eigenvalue weighted by Gasteiger charge is 2.07. The van der Waals surface area contributed by atoms with Crippen LogP contribution in [0.1, 0.15) is 18.4 Å². The van der Waals surface area contributed by atoms with Crippen molar-refractivity contribution in [1.82, 2.24) is 4.72 Å². The van der Waals surface area contributed by atoms with Crippen molar-refractivity contribution >= 4 is 21.6 Å². The zero-order chi connectivity index (χ0) is 14.0. The summed E-state index contributed by atoms with van der Waals surface area (Å²) in [6.45, 7) is 1.49. The highest BCUT2D eigenvalue weighted by atomic mass is 35.5. The van der Waals surface area contributed by atoms with Crippen LogP contribution in [0, 0.1) is 0 Å². The predicted octanol–water partition coefficient (Wildman–Crippen LogP) is 2.14. The van der Waals surface area contributed by atoms with Crippen LogP contribution < -0.4 is 4.72 Å². The van der Waals surface area contributed by atoms with Crippen molar-refractivity contribution in [3.63, 3.8) is 0 Å². The summed E-state index contributed by atoms with van der Waals surface area (Å²) < 4.78 is 30.9. The Morgan fingerprint density at radius 3 is 2.58 bits per heavy atom. The molecule has 0 bridgehead atoms. The molecule has 0 radical (unpaired) electrons. The van der Waals surface area contributed by atoms with Crippen LogP contribution in [0.5, 0.6) is 0 Å². The van der Waals surface area contributed by atoms with Crippen molar-refractivity contribution in [3.8, 4) is 0 Å². The number of alkyl halides is 1. The highest BCUT2D eigenvalue weighted by molar-refractivity contribution is 7.89. The minimum atomic E-state index is -3.17. The normalized spacial score (nSPS) is 11.6. The van der Waals surface area contributed by atoms with Gasteiger partial charge in [-0.2, -0.15) is 0 Å². The molecule has 0 aliphatic heterocycles. The molecule has 0 aliphatic rings. The lowest BCUT2D eigenvalue weighted by molar-refractivity contribution is 0.119. The third-order valence-corrected chi connectivity index (χ3v) is 4.18. The minimum absolute atomic E-state index is 0.0847. The van der Waals surface area contributed by atoms with Crippen molar-refractivity contribution < 1.29 is 13.2 Å². The highest BCUT2D eigenvalue weighted by Crippen LogP contribution is 2.00. The topological polar surface area (TPSA) is 55.4 Å². The predicted molar refractivity (Wildman–Crippen MR) is 77.8 cm³/mol. The summed E-state index contributed by atoms with van der Waals surface area (Å²) in [5, 5.41) is 0. The summed E-state index contributed by atoms with van der Waals surface area (Å²) in [6.07, 6.45) is 1.13. The van der Waals surface area contributed by atoms with E-state index in [1.54, 1.807) is 0 Å². The fraction of sp³-hybridized carbons (Fsp3) is 0.538. The molecule has 0 atom stereocenters. The van der Waals surface area contributed by atoms with Gasteiger partial charge in [0.25, 0.3) is 0 Å². The largest absolute Gasteiger partial charge is 0.377 e. The number of sulfonamides is 1. The van der Waals surface area contributed by atoms with Gasteiger partial charge >= 0.3 is 0 Å². The van der Waals surface area contributed by atoms with Gasteiger partial charge in [0.05, 0.1) is 12.4 Å². The fourth-order valence-corrected chi connectivity index (χ4v) is 2.90. The number of rotatable bonds is 10. The van der Waals surface area contributed by atoms with Crippen LogP contribution in [0.3, 0.4) is 0 Å². The SMILES string of the molecule is O=S(=O)(CCCCl)NCCCOCc1ccccc1. The van der Waals surface area contributed by atoms with Gasteiger partial charge in [-0.1, -0.05) is 30.3 Å². The van der Waals surface area contributed by atoms with Gasteiger partial charge in [0.15, 0.2) is 0 Å². The van der Waals surface area contributed by atoms with Gasteiger partial charge in [-0.15, -0.1) is 11.6 Å².